The largest absolute Gasteiger partial charge is 0.330 e. The number of nitrogens with zero attached hydrogens (tertiary/aromatic N) is 1. The SMILES string of the molecule is CC(C)N(Cc1ccccc1)S(=O)(=O)CCCCN. The van der Waals surface area contributed by atoms with Crippen LogP contribution in [0.2, 0.25) is 0 Å². The van der Waals surface area contributed by atoms with E-state index >= 15 is 0 Å². The highest BCUT2D eigenvalue weighted by Crippen LogP contribution is 2.14. The third kappa shape index (κ3) is 5.30. The first kappa shape index (κ1) is 16.1. The molecule has 0 unspecified atom stereocenters. The minimum atomic E-state index is -3.21. The van der Waals surface area contributed by atoms with E-state index in [1.54, 1.807) is 4.31 Å². The van der Waals surface area contributed by atoms with Gasteiger partial charge in [-0.3, -0.25) is 0 Å². The standard InChI is InChI=1S/C14H24N2O2S/c1-13(2)16(12-14-8-4-3-5-9-14)19(17,18)11-7-6-10-15/h3-5,8-9,13H,6-7,10-12,15H2,1-2H3. The lowest BCUT2D eigenvalue weighted by Crippen LogP contribution is -2.38. The first-order chi connectivity index (χ1) is 8.97. The molecule has 0 aromatic heterocycles. The summed E-state index contributed by atoms with van der Waals surface area (Å²) >= 11 is 0. The van der Waals surface area contributed by atoms with Crippen LogP contribution >= 0.6 is 0 Å². The minimum Gasteiger partial charge on any atom is -0.330 e. The van der Waals surface area contributed by atoms with E-state index in [4.69, 9.17) is 5.73 Å². The van der Waals surface area contributed by atoms with Gasteiger partial charge in [0.25, 0.3) is 0 Å². The van der Waals surface area contributed by atoms with Gasteiger partial charge in [-0.25, -0.2) is 8.42 Å². The molecule has 0 saturated heterocycles. The molecule has 0 spiro atoms. The van der Waals surface area contributed by atoms with Gasteiger partial charge in [0, 0.05) is 12.6 Å². The van der Waals surface area contributed by atoms with Gasteiger partial charge in [0.2, 0.25) is 10.0 Å². The zero-order valence-electron chi connectivity index (χ0n) is 11.7. The third-order valence-electron chi connectivity index (χ3n) is 2.97. The molecule has 0 radical (unpaired) electrons. The van der Waals surface area contributed by atoms with E-state index in [2.05, 4.69) is 0 Å². The summed E-state index contributed by atoms with van der Waals surface area (Å²) in [4.78, 5) is 0. The third-order valence-corrected chi connectivity index (χ3v) is 5.04. The van der Waals surface area contributed by atoms with Crippen LogP contribution < -0.4 is 5.73 Å². The molecule has 1 rings (SSSR count). The van der Waals surface area contributed by atoms with Crippen molar-refractivity contribution < 1.29 is 8.42 Å². The molecule has 4 nitrogen and oxygen atoms in total. The Morgan fingerprint density at radius 2 is 1.79 bits per heavy atom. The number of rotatable bonds is 8. The zero-order chi connectivity index (χ0) is 14.3. The van der Waals surface area contributed by atoms with Gasteiger partial charge in [-0.2, -0.15) is 4.31 Å². The van der Waals surface area contributed by atoms with Crippen LogP contribution in [0.15, 0.2) is 30.3 Å². The molecule has 0 bridgehead atoms. The Kier molecular flexibility index (Phi) is 6.48. The van der Waals surface area contributed by atoms with Crippen molar-refractivity contribution in [2.45, 2.75) is 39.3 Å². The average Bonchev–Trinajstić information content (AvgIpc) is 2.37. The Labute approximate surface area is 116 Å². The van der Waals surface area contributed by atoms with Gasteiger partial charge in [-0.1, -0.05) is 30.3 Å². The van der Waals surface area contributed by atoms with Crippen molar-refractivity contribution in [2.75, 3.05) is 12.3 Å². The van der Waals surface area contributed by atoms with Crippen LogP contribution in [-0.2, 0) is 16.6 Å². The Hall–Kier alpha value is -0.910. The van der Waals surface area contributed by atoms with Crippen molar-refractivity contribution in [1.29, 1.82) is 0 Å². The number of hydrogen-bond acceptors (Lipinski definition) is 3. The second kappa shape index (κ2) is 7.62. The number of nitrogens with two attached hydrogens (primary N) is 1. The van der Waals surface area contributed by atoms with E-state index in [0.717, 1.165) is 12.0 Å². The second-order valence-corrected chi connectivity index (χ2v) is 6.98. The fourth-order valence-electron chi connectivity index (χ4n) is 1.91. The minimum absolute atomic E-state index is 0.0388. The summed E-state index contributed by atoms with van der Waals surface area (Å²) in [7, 11) is -3.21. The molecule has 5 heteroatoms. The number of hydrogen-bond donors (Lipinski definition) is 1. The highest BCUT2D eigenvalue weighted by atomic mass is 32.2. The van der Waals surface area contributed by atoms with E-state index in [0.29, 0.717) is 19.5 Å². The predicted octanol–water partition coefficient (Wildman–Crippen LogP) is 1.97. The van der Waals surface area contributed by atoms with Crippen LogP contribution in [0.3, 0.4) is 0 Å². The van der Waals surface area contributed by atoms with Crippen molar-refractivity contribution in [3.63, 3.8) is 0 Å². The molecule has 1 aromatic rings. The summed E-state index contributed by atoms with van der Waals surface area (Å²) in [5, 5.41) is 0. The van der Waals surface area contributed by atoms with Crippen LogP contribution in [0, 0.1) is 0 Å². The molecule has 0 aliphatic carbocycles. The molecule has 1 aromatic carbocycles. The van der Waals surface area contributed by atoms with Crippen molar-refractivity contribution >= 4 is 10.0 Å². The molecule has 0 fully saturated rings. The summed E-state index contributed by atoms with van der Waals surface area (Å²) in [6.07, 6.45) is 1.37. The second-order valence-electron chi connectivity index (χ2n) is 4.94. The molecule has 0 atom stereocenters. The van der Waals surface area contributed by atoms with E-state index in [1.165, 1.54) is 0 Å². The van der Waals surface area contributed by atoms with Gasteiger partial charge in [-0.05, 0) is 38.8 Å². The normalized spacial score (nSPS) is 12.3. The smallest absolute Gasteiger partial charge is 0.214 e. The lowest BCUT2D eigenvalue weighted by Gasteiger charge is -2.26. The molecular weight excluding hydrogens is 260 g/mol. The molecule has 0 amide bonds. The molecular formula is C14H24N2O2S. The Balaban J connectivity index is 2.77. The van der Waals surface area contributed by atoms with Crippen LogP contribution in [0.25, 0.3) is 0 Å². The zero-order valence-corrected chi connectivity index (χ0v) is 12.6. The number of unbranched alkanes of at least 4 members (excludes halogenated alkanes) is 1. The summed E-state index contributed by atoms with van der Waals surface area (Å²) in [5.74, 6) is 0.176. The van der Waals surface area contributed by atoms with Crippen molar-refractivity contribution in [1.82, 2.24) is 4.31 Å². The summed E-state index contributed by atoms with van der Waals surface area (Å²) in [6.45, 7) is 4.78. The first-order valence-electron chi connectivity index (χ1n) is 6.71. The van der Waals surface area contributed by atoms with E-state index in [9.17, 15) is 8.42 Å². The summed E-state index contributed by atoms with van der Waals surface area (Å²) in [6, 6.07) is 9.64. The molecule has 2 N–H and O–H groups in total. The van der Waals surface area contributed by atoms with E-state index in [-0.39, 0.29) is 11.8 Å². The van der Waals surface area contributed by atoms with Gasteiger partial charge in [0.05, 0.1) is 5.75 Å². The van der Waals surface area contributed by atoms with Crippen LogP contribution in [0.5, 0.6) is 0 Å². The number of benzene rings is 1. The van der Waals surface area contributed by atoms with E-state index in [1.807, 2.05) is 44.2 Å². The lowest BCUT2D eigenvalue weighted by molar-refractivity contribution is 0.347. The monoisotopic (exact) mass is 284 g/mol. The Morgan fingerprint density at radius 1 is 1.16 bits per heavy atom. The summed E-state index contributed by atoms with van der Waals surface area (Å²) in [5.41, 5.74) is 6.42. The average molecular weight is 284 g/mol. The fraction of sp³-hybridized carbons (Fsp3) is 0.571. The van der Waals surface area contributed by atoms with Gasteiger partial charge in [0.15, 0.2) is 0 Å². The molecule has 19 heavy (non-hydrogen) atoms. The molecule has 0 aliphatic rings. The quantitative estimate of drug-likeness (QED) is 0.742. The van der Waals surface area contributed by atoms with Gasteiger partial charge in [-0.15, -0.1) is 0 Å². The summed E-state index contributed by atoms with van der Waals surface area (Å²) < 4.78 is 26.2. The predicted molar refractivity (Wildman–Crippen MR) is 79.2 cm³/mol. The maximum Gasteiger partial charge on any atom is 0.214 e. The van der Waals surface area contributed by atoms with Crippen LogP contribution in [0.1, 0.15) is 32.3 Å². The van der Waals surface area contributed by atoms with Gasteiger partial charge in [0.1, 0.15) is 0 Å². The lowest BCUT2D eigenvalue weighted by atomic mass is 10.2. The Morgan fingerprint density at radius 3 is 2.32 bits per heavy atom. The van der Waals surface area contributed by atoms with Crippen molar-refractivity contribution in [2.24, 2.45) is 5.73 Å². The Bertz CT molecular complexity index is 458. The fourth-order valence-corrected chi connectivity index (χ4v) is 3.70. The van der Waals surface area contributed by atoms with Gasteiger partial charge < -0.3 is 5.73 Å². The van der Waals surface area contributed by atoms with E-state index < -0.39 is 10.0 Å². The molecule has 0 aliphatic heterocycles. The maximum atomic E-state index is 12.3. The van der Waals surface area contributed by atoms with Crippen molar-refractivity contribution in [3.05, 3.63) is 35.9 Å². The molecule has 0 saturated carbocycles. The molecule has 108 valence electrons. The highest BCUT2D eigenvalue weighted by molar-refractivity contribution is 7.89. The topological polar surface area (TPSA) is 63.4 Å². The maximum absolute atomic E-state index is 12.3. The van der Waals surface area contributed by atoms with Crippen LogP contribution in [-0.4, -0.2) is 31.1 Å². The highest BCUT2D eigenvalue weighted by Gasteiger charge is 2.24. The van der Waals surface area contributed by atoms with Crippen molar-refractivity contribution in [3.8, 4) is 0 Å². The van der Waals surface area contributed by atoms with Gasteiger partial charge >= 0.3 is 0 Å². The first-order valence-corrected chi connectivity index (χ1v) is 8.32. The number of sulfonamides is 1. The van der Waals surface area contributed by atoms with Crippen LogP contribution in [0.4, 0.5) is 0 Å². The molecule has 0 heterocycles.